The zero-order valence-corrected chi connectivity index (χ0v) is 13.0. The number of benzene rings is 1. The first-order valence-electron chi connectivity index (χ1n) is 6.85. The van der Waals surface area contributed by atoms with Gasteiger partial charge in [-0.3, -0.25) is 19.3 Å². The van der Waals surface area contributed by atoms with Crippen LogP contribution in [0.25, 0.3) is 0 Å². The van der Waals surface area contributed by atoms with Crippen molar-refractivity contribution in [1.82, 2.24) is 4.98 Å². The first-order valence-corrected chi connectivity index (χ1v) is 7.73. The second-order valence-corrected chi connectivity index (χ2v) is 5.81. The van der Waals surface area contributed by atoms with Gasteiger partial charge in [-0.15, -0.1) is 11.3 Å². The van der Waals surface area contributed by atoms with Crippen LogP contribution in [-0.4, -0.2) is 35.7 Å². The van der Waals surface area contributed by atoms with Crippen LogP contribution in [0.3, 0.4) is 0 Å². The van der Waals surface area contributed by atoms with E-state index in [4.69, 9.17) is 4.74 Å². The quantitative estimate of drug-likeness (QED) is 0.862. The normalized spacial score (nSPS) is 16.5. The lowest BCUT2D eigenvalue weighted by Crippen LogP contribution is -2.47. The molecule has 7 nitrogen and oxygen atoms in total. The molecule has 1 aromatic heterocycles. The second-order valence-electron chi connectivity index (χ2n) is 4.91. The summed E-state index contributed by atoms with van der Waals surface area (Å²) in [5, 5.41) is 4.83. The zero-order valence-electron chi connectivity index (χ0n) is 12.2. The molecule has 23 heavy (non-hydrogen) atoms. The molecule has 0 saturated heterocycles. The summed E-state index contributed by atoms with van der Waals surface area (Å²) in [6.07, 6.45) is 1.56. The van der Waals surface area contributed by atoms with Crippen LogP contribution in [0.4, 0.5) is 10.8 Å². The molecule has 8 heteroatoms. The van der Waals surface area contributed by atoms with E-state index in [0.29, 0.717) is 28.4 Å². The Balaban J connectivity index is 1.86. The van der Waals surface area contributed by atoms with Gasteiger partial charge in [-0.05, 0) is 25.1 Å². The molecule has 0 bridgehead atoms. The van der Waals surface area contributed by atoms with Crippen molar-refractivity contribution in [2.45, 2.75) is 13.0 Å². The minimum absolute atomic E-state index is 0.179. The predicted octanol–water partition coefficient (Wildman–Crippen LogP) is 1.71. The molecule has 0 radical (unpaired) electrons. The zero-order chi connectivity index (χ0) is 16.4. The van der Waals surface area contributed by atoms with Gasteiger partial charge in [-0.1, -0.05) is 0 Å². The SMILES string of the molecule is CC1Oc2ccc(C=O)cc2N(CC(=O)Nc2nccs2)C1=O. The highest BCUT2D eigenvalue weighted by atomic mass is 32.1. The van der Waals surface area contributed by atoms with E-state index >= 15 is 0 Å². The van der Waals surface area contributed by atoms with Crippen molar-refractivity contribution in [3.05, 3.63) is 35.3 Å². The molecular weight excluding hydrogens is 318 g/mol. The number of hydrogen-bond acceptors (Lipinski definition) is 6. The summed E-state index contributed by atoms with van der Waals surface area (Å²) in [4.78, 5) is 40.7. The number of hydrogen-bond donors (Lipinski definition) is 1. The van der Waals surface area contributed by atoms with Gasteiger partial charge in [-0.2, -0.15) is 0 Å². The molecule has 1 aromatic carbocycles. The summed E-state index contributed by atoms with van der Waals surface area (Å²) >= 11 is 1.29. The van der Waals surface area contributed by atoms with Crippen molar-refractivity contribution >= 4 is 40.3 Å². The molecule has 1 N–H and O–H groups in total. The van der Waals surface area contributed by atoms with Crippen LogP contribution in [-0.2, 0) is 9.59 Å². The number of amides is 2. The lowest BCUT2D eigenvalue weighted by molar-refractivity contribution is -0.127. The van der Waals surface area contributed by atoms with Crippen LogP contribution in [0.2, 0.25) is 0 Å². The monoisotopic (exact) mass is 331 g/mol. The van der Waals surface area contributed by atoms with Gasteiger partial charge in [0.15, 0.2) is 11.2 Å². The first-order chi connectivity index (χ1) is 11.1. The molecule has 2 amide bonds. The highest BCUT2D eigenvalue weighted by molar-refractivity contribution is 7.13. The Hall–Kier alpha value is -2.74. The Morgan fingerprint density at radius 3 is 3.04 bits per heavy atom. The fourth-order valence-electron chi connectivity index (χ4n) is 2.25. The minimum atomic E-state index is -0.697. The molecule has 1 atom stereocenters. The smallest absolute Gasteiger partial charge is 0.268 e. The maximum atomic E-state index is 12.3. The topological polar surface area (TPSA) is 88.6 Å². The summed E-state index contributed by atoms with van der Waals surface area (Å²) < 4.78 is 5.51. The van der Waals surface area contributed by atoms with Crippen molar-refractivity contribution in [1.29, 1.82) is 0 Å². The van der Waals surface area contributed by atoms with Crippen LogP contribution in [0.15, 0.2) is 29.8 Å². The Labute approximate surface area is 135 Å². The van der Waals surface area contributed by atoms with E-state index in [9.17, 15) is 14.4 Å². The summed E-state index contributed by atoms with van der Waals surface area (Å²) in [5.41, 5.74) is 0.812. The number of nitrogens with one attached hydrogen (secondary N) is 1. The lowest BCUT2D eigenvalue weighted by Gasteiger charge is -2.32. The van der Waals surface area contributed by atoms with E-state index in [2.05, 4.69) is 10.3 Å². The van der Waals surface area contributed by atoms with E-state index in [0.717, 1.165) is 0 Å². The molecular formula is C15H13N3O4S. The molecule has 1 unspecified atom stereocenters. The standard InChI is InChI=1S/C15H13N3O4S/c1-9-14(21)18(7-13(20)17-15-16-4-5-23-15)11-6-10(8-19)2-3-12(11)22-9/h2-6,8-9H,7H2,1H3,(H,16,17,20). The van der Waals surface area contributed by atoms with E-state index in [1.54, 1.807) is 30.6 Å². The van der Waals surface area contributed by atoms with Gasteiger partial charge in [0, 0.05) is 17.1 Å². The van der Waals surface area contributed by atoms with Crippen LogP contribution >= 0.6 is 11.3 Å². The molecule has 1 aliphatic rings. The molecule has 2 aromatic rings. The third-order valence-electron chi connectivity index (χ3n) is 3.31. The summed E-state index contributed by atoms with van der Waals surface area (Å²) in [7, 11) is 0. The van der Waals surface area contributed by atoms with Crippen LogP contribution in [0.5, 0.6) is 5.75 Å². The predicted molar refractivity (Wildman–Crippen MR) is 85.0 cm³/mol. The number of nitrogens with zero attached hydrogens (tertiary/aromatic N) is 2. The third-order valence-corrected chi connectivity index (χ3v) is 4.00. The van der Waals surface area contributed by atoms with Crippen molar-refractivity contribution in [3.63, 3.8) is 0 Å². The molecule has 0 aliphatic carbocycles. The Morgan fingerprint density at radius 2 is 2.35 bits per heavy atom. The van der Waals surface area contributed by atoms with Crippen molar-refractivity contribution in [2.75, 3.05) is 16.8 Å². The molecule has 0 spiro atoms. The Bertz CT molecular complexity index is 760. The third kappa shape index (κ3) is 3.07. The van der Waals surface area contributed by atoms with Crippen molar-refractivity contribution in [2.24, 2.45) is 0 Å². The average Bonchev–Trinajstić information content (AvgIpc) is 3.04. The molecule has 2 heterocycles. The van der Waals surface area contributed by atoms with E-state index in [1.807, 2.05) is 0 Å². The van der Waals surface area contributed by atoms with Gasteiger partial charge < -0.3 is 10.1 Å². The number of carbonyl (C=O) groups excluding carboxylic acids is 3. The molecule has 0 fully saturated rings. The maximum absolute atomic E-state index is 12.3. The fourth-order valence-corrected chi connectivity index (χ4v) is 2.79. The van der Waals surface area contributed by atoms with Gasteiger partial charge in [0.05, 0.1) is 5.69 Å². The average molecular weight is 331 g/mol. The lowest BCUT2D eigenvalue weighted by atomic mass is 10.1. The minimum Gasteiger partial charge on any atom is -0.479 e. The van der Waals surface area contributed by atoms with E-state index < -0.39 is 6.10 Å². The van der Waals surface area contributed by atoms with Gasteiger partial charge in [0.25, 0.3) is 5.91 Å². The molecule has 118 valence electrons. The number of rotatable bonds is 4. The van der Waals surface area contributed by atoms with Crippen molar-refractivity contribution in [3.8, 4) is 5.75 Å². The van der Waals surface area contributed by atoms with Crippen LogP contribution < -0.4 is 15.0 Å². The maximum Gasteiger partial charge on any atom is 0.268 e. The first kappa shape index (κ1) is 15.2. The van der Waals surface area contributed by atoms with Crippen molar-refractivity contribution < 1.29 is 19.1 Å². The van der Waals surface area contributed by atoms with Gasteiger partial charge in [0.2, 0.25) is 5.91 Å². The number of aldehydes is 1. The number of aromatic nitrogens is 1. The Morgan fingerprint density at radius 1 is 1.52 bits per heavy atom. The van der Waals surface area contributed by atoms with E-state index in [-0.39, 0.29) is 18.4 Å². The number of carbonyl (C=O) groups is 3. The second kappa shape index (κ2) is 6.17. The Kier molecular flexibility index (Phi) is 4.07. The summed E-state index contributed by atoms with van der Waals surface area (Å²) in [6, 6.07) is 4.75. The fraction of sp³-hybridized carbons (Fsp3) is 0.200. The number of anilines is 2. The van der Waals surface area contributed by atoms with Crippen LogP contribution in [0.1, 0.15) is 17.3 Å². The summed E-state index contributed by atoms with van der Waals surface area (Å²) in [6.45, 7) is 1.44. The number of fused-ring (bicyclic) bond motifs is 1. The highest BCUT2D eigenvalue weighted by Gasteiger charge is 2.33. The van der Waals surface area contributed by atoms with Gasteiger partial charge in [-0.25, -0.2) is 4.98 Å². The molecule has 3 rings (SSSR count). The van der Waals surface area contributed by atoms with Crippen LogP contribution in [0, 0.1) is 0 Å². The van der Waals surface area contributed by atoms with Gasteiger partial charge >= 0.3 is 0 Å². The van der Waals surface area contributed by atoms with E-state index in [1.165, 1.54) is 22.3 Å². The number of ether oxygens (including phenoxy) is 1. The van der Waals surface area contributed by atoms with Gasteiger partial charge in [0.1, 0.15) is 18.6 Å². The highest BCUT2D eigenvalue weighted by Crippen LogP contribution is 2.34. The largest absolute Gasteiger partial charge is 0.479 e. The number of thiazole rings is 1. The molecule has 1 aliphatic heterocycles. The summed E-state index contributed by atoms with van der Waals surface area (Å²) in [5.74, 6) is -0.246. The molecule has 0 saturated carbocycles.